The topological polar surface area (TPSA) is 74.6 Å². The minimum atomic E-state index is -1.62. The molecule has 5 heteroatoms. The maximum atomic E-state index is 11.3. The summed E-state index contributed by atoms with van der Waals surface area (Å²) in [5.74, 6) is 0.692. The van der Waals surface area contributed by atoms with Gasteiger partial charge < -0.3 is 10.2 Å². The van der Waals surface area contributed by atoms with Gasteiger partial charge in [0.25, 0.3) is 0 Å². The molecule has 0 fully saturated rings. The van der Waals surface area contributed by atoms with Crippen molar-refractivity contribution in [1.29, 1.82) is 0 Å². The first-order chi connectivity index (χ1) is 9.04. The third-order valence-corrected chi connectivity index (χ3v) is 3.74. The Labute approximate surface area is 119 Å². The summed E-state index contributed by atoms with van der Waals surface area (Å²) in [5, 5.41) is 18.5. The molecule has 0 atom stereocenters. The zero-order valence-corrected chi connectivity index (χ0v) is 13.3. The number of carboxylic acids is 2. The highest BCUT2D eigenvalue weighted by Gasteiger charge is 2.20. The van der Waals surface area contributed by atoms with Crippen LogP contribution in [0.4, 0.5) is 0 Å². The van der Waals surface area contributed by atoms with E-state index in [1.807, 2.05) is 0 Å². The molecule has 20 heavy (non-hydrogen) atoms. The molecular weight excluding hydrogens is 272 g/mol. The van der Waals surface area contributed by atoms with Crippen LogP contribution in [0.5, 0.6) is 0 Å². The summed E-state index contributed by atoms with van der Waals surface area (Å²) in [5.41, 5.74) is 4.42. The van der Waals surface area contributed by atoms with E-state index in [2.05, 4.69) is 31.1 Å². The smallest absolute Gasteiger partial charge is 0.336 e. The highest BCUT2D eigenvalue weighted by Crippen LogP contribution is 2.22. The van der Waals surface area contributed by atoms with Gasteiger partial charge in [0.15, 0.2) is 0 Å². The largest absolute Gasteiger partial charge is 0.478 e. The summed E-state index contributed by atoms with van der Waals surface area (Å²) in [6, 6.07) is 1.46. The molecule has 4 nitrogen and oxygen atoms in total. The van der Waals surface area contributed by atoms with Crippen LogP contribution in [-0.2, 0) is 0 Å². The lowest BCUT2D eigenvalue weighted by atomic mass is 9.93. The zero-order valence-electron chi connectivity index (χ0n) is 12.3. The second kappa shape index (κ2) is 5.51. The van der Waals surface area contributed by atoms with Gasteiger partial charge in [-0.3, -0.25) is 0 Å². The molecule has 0 aliphatic carbocycles. The Bertz CT molecular complexity index is 643. The molecule has 0 aliphatic rings. The minimum absolute atomic E-state index is 0.00660. The molecule has 1 aromatic rings. The fourth-order valence-corrected chi connectivity index (χ4v) is 2.35. The fraction of sp³-hybridized carbons (Fsp3) is 0.333. The van der Waals surface area contributed by atoms with Crippen LogP contribution in [0.25, 0.3) is 0 Å². The van der Waals surface area contributed by atoms with Gasteiger partial charge in [-0.15, -0.1) is 5.54 Å². The molecule has 1 aromatic carbocycles. The van der Waals surface area contributed by atoms with Crippen LogP contribution < -0.4 is 0 Å². The highest BCUT2D eigenvalue weighted by atomic mass is 28.3. The van der Waals surface area contributed by atoms with Crippen molar-refractivity contribution in [2.24, 2.45) is 0 Å². The maximum absolute atomic E-state index is 11.3. The van der Waals surface area contributed by atoms with Crippen LogP contribution in [0.3, 0.4) is 0 Å². The molecule has 2 N–H and O–H groups in total. The Morgan fingerprint density at radius 2 is 1.60 bits per heavy atom. The summed E-state index contributed by atoms with van der Waals surface area (Å²) in [7, 11) is -1.62. The van der Waals surface area contributed by atoms with Crippen LogP contribution in [0.15, 0.2) is 6.07 Å². The van der Waals surface area contributed by atoms with Gasteiger partial charge in [-0.2, -0.15) is 0 Å². The molecule has 0 spiro atoms. The number of carbonyl (C=O) groups is 2. The average molecular weight is 290 g/mol. The van der Waals surface area contributed by atoms with Crippen LogP contribution in [0.2, 0.25) is 19.6 Å². The molecule has 0 aromatic heterocycles. The van der Waals surface area contributed by atoms with E-state index in [4.69, 9.17) is 0 Å². The lowest BCUT2D eigenvalue weighted by Crippen LogP contribution is -2.16. The molecule has 0 saturated heterocycles. The van der Waals surface area contributed by atoms with Crippen molar-refractivity contribution < 1.29 is 19.8 Å². The van der Waals surface area contributed by atoms with E-state index in [0.29, 0.717) is 11.1 Å². The number of hydrogen-bond donors (Lipinski definition) is 2. The molecule has 0 saturated carbocycles. The Balaban J connectivity index is 3.65. The maximum Gasteiger partial charge on any atom is 0.336 e. The second-order valence-corrected chi connectivity index (χ2v) is 10.5. The van der Waals surface area contributed by atoms with Gasteiger partial charge in [0.2, 0.25) is 0 Å². The molecular formula is C15H18O4Si. The quantitative estimate of drug-likeness (QED) is 0.648. The molecule has 1 rings (SSSR count). The van der Waals surface area contributed by atoms with Gasteiger partial charge in [0.1, 0.15) is 8.07 Å². The average Bonchev–Trinajstić information content (AvgIpc) is 2.25. The molecule has 106 valence electrons. The SMILES string of the molecule is Cc1c(C#C[Si](C)(C)C)cc(C(=O)O)c(C)c1C(=O)O. The van der Waals surface area contributed by atoms with Crippen molar-refractivity contribution in [3.05, 3.63) is 33.9 Å². The van der Waals surface area contributed by atoms with Crippen LogP contribution in [0.1, 0.15) is 37.4 Å². The first-order valence-electron chi connectivity index (χ1n) is 6.18. The number of aromatic carboxylic acids is 2. The van der Waals surface area contributed by atoms with Crippen molar-refractivity contribution in [3.8, 4) is 11.5 Å². The summed E-state index contributed by atoms with van der Waals surface area (Å²) < 4.78 is 0. The standard InChI is InChI=1S/C15H18O4Si/c1-9-11(6-7-20(3,4)5)8-12(14(16)17)10(2)13(9)15(18)19/h8H,1-5H3,(H,16,17)(H,18,19). The van der Waals surface area contributed by atoms with Crippen LogP contribution in [0, 0.1) is 25.3 Å². The third-order valence-electron chi connectivity index (χ3n) is 2.86. The van der Waals surface area contributed by atoms with Crippen molar-refractivity contribution in [1.82, 2.24) is 0 Å². The van der Waals surface area contributed by atoms with Crippen LogP contribution in [-0.4, -0.2) is 30.2 Å². The lowest BCUT2D eigenvalue weighted by molar-refractivity contribution is 0.0695. The van der Waals surface area contributed by atoms with Crippen LogP contribution >= 0.6 is 0 Å². The fourth-order valence-electron chi connectivity index (χ4n) is 1.84. The normalized spacial score (nSPS) is 10.7. The van der Waals surface area contributed by atoms with E-state index in [9.17, 15) is 19.8 Å². The van der Waals surface area contributed by atoms with Gasteiger partial charge in [-0.1, -0.05) is 25.6 Å². The van der Waals surface area contributed by atoms with E-state index in [0.717, 1.165) is 0 Å². The number of benzene rings is 1. The second-order valence-electron chi connectivity index (χ2n) is 5.71. The number of rotatable bonds is 2. The summed E-state index contributed by atoms with van der Waals surface area (Å²) in [4.78, 5) is 22.6. The first kappa shape index (κ1) is 16.0. The number of hydrogen-bond acceptors (Lipinski definition) is 2. The predicted octanol–water partition coefficient (Wildman–Crippen LogP) is 2.93. The highest BCUT2D eigenvalue weighted by molar-refractivity contribution is 6.83. The molecule has 0 amide bonds. The van der Waals surface area contributed by atoms with E-state index in [1.165, 1.54) is 13.0 Å². The van der Waals surface area contributed by atoms with E-state index >= 15 is 0 Å². The van der Waals surface area contributed by atoms with E-state index < -0.39 is 20.0 Å². The van der Waals surface area contributed by atoms with Gasteiger partial charge in [0.05, 0.1) is 11.1 Å². The minimum Gasteiger partial charge on any atom is -0.478 e. The summed E-state index contributed by atoms with van der Waals surface area (Å²) in [6.07, 6.45) is 0. The Morgan fingerprint density at radius 3 is 2.00 bits per heavy atom. The van der Waals surface area contributed by atoms with Crippen molar-refractivity contribution in [3.63, 3.8) is 0 Å². The van der Waals surface area contributed by atoms with E-state index in [1.54, 1.807) is 6.92 Å². The monoisotopic (exact) mass is 290 g/mol. The van der Waals surface area contributed by atoms with Crippen molar-refractivity contribution >= 4 is 20.0 Å². The molecule has 0 heterocycles. The lowest BCUT2D eigenvalue weighted by Gasteiger charge is -2.11. The summed E-state index contributed by atoms with van der Waals surface area (Å²) >= 11 is 0. The Hall–Kier alpha value is -2.06. The molecule has 0 unspecified atom stereocenters. The zero-order chi connectivity index (χ0) is 15.7. The van der Waals surface area contributed by atoms with Gasteiger partial charge in [-0.25, -0.2) is 9.59 Å². The molecule has 0 bridgehead atoms. The Morgan fingerprint density at radius 1 is 1.05 bits per heavy atom. The van der Waals surface area contributed by atoms with Gasteiger partial charge in [-0.05, 0) is 31.0 Å². The third kappa shape index (κ3) is 3.49. The summed E-state index contributed by atoms with van der Waals surface area (Å²) in [6.45, 7) is 9.38. The van der Waals surface area contributed by atoms with Crippen molar-refractivity contribution in [2.45, 2.75) is 33.5 Å². The Kier molecular flexibility index (Phi) is 4.41. The number of carboxylic acid groups (broad SMARTS) is 2. The predicted molar refractivity (Wildman–Crippen MR) is 80.1 cm³/mol. The first-order valence-corrected chi connectivity index (χ1v) is 9.68. The molecule has 0 radical (unpaired) electrons. The van der Waals surface area contributed by atoms with E-state index in [-0.39, 0.29) is 16.7 Å². The molecule has 0 aliphatic heterocycles. The van der Waals surface area contributed by atoms with Gasteiger partial charge >= 0.3 is 11.9 Å². The van der Waals surface area contributed by atoms with Gasteiger partial charge in [0, 0.05) is 5.56 Å². The van der Waals surface area contributed by atoms with Crippen molar-refractivity contribution in [2.75, 3.05) is 0 Å².